The molecule has 0 unspecified atom stereocenters. The molecule has 3 nitrogen and oxygen atoms in total. The Morgan fingerprint density at radius 2 is 2.25 bits per heavy atom. The molecule has 0 amide bonds. The third kappa shape index (κ3) is 1.89. The second kappa shape index (κ2) is 4.58. The van der Waals surface area contributed by atoms with Crippen LogP contribution in [0.2, 0.25) is 0 Å². The highest BCUT2D eigenvalue weighted by Gasteiger charge is 2.32. The molecular weight excluding hydrogens is 246 g/mol. The van der Waals surface area contributed by atoms with E-state index < -0.39 is 0 Å². The molecule has 0 atom stereocenters. The van der Waals surface area contributed by atoms with Gasteiger partial charge in [0.15, 0.2) is 17.4 Å². The second-order valence-corrected chi connectivity index (χ2v) is 5.83. The lowest BCUT2D eigenvalue weighted by atomic mass is 10.2. The van der Waals surface area contributed by atoms with Crippen molar-refractivity contribution in [2.45, 2.75) is 45.1 Å². The van der Waals surface area contributed by atoms with Gasteiger partial charge in [0.25, 0.3) is 0 Å². The van der Waals surface area contributed by atoms with E-state index >= 15 is 0 Å². The smallest absolute Gasteiger partial charge is 0.197 e. The second-order valence-electron chi connectivity index (χ2n) is 5.83. The van der Waals surface area contributed by atoms with Gasteiger partial charge in [0.2, 0.25) is 0 Å². The SMILES string of the molecule is CCCC[n+]1cc2nc3ccccn3c2cc1C1CC1. The van der Waals surface area contributed by atoms with Gasteiger partial charge >= 0.3 is 0 Å². The van der Waals surface area contributed by atoms with Gasteiger partial charge in [0, 0.05) is 24.6 Å². The molecule has 4 rings (SSSR count). The zero-order valence-electron chi connectivity index (χ0n) is 11.9. The maximum atomic E-state index is 4.75. The predicted octanol–water partition coefficient (Wildman–Crippen LogP) is 3.45. The Kier molecular flexibility index (Phi) is 2.72. The van der Waals surface area contributed by atoms with Crippen molar-refractivity contribution in [1.29, 1.82) is 0 Å². The van der Waals surface area contributed by atoms with E-state index in [4.69, 9.17) is 4.98 Å². The van der Waals surface area contributed by atoms with Crippen LogP contribution >= 0.6 is 0 Å². The number of pyridine rings is 2. The molecule has 3 aromatic rings. The molecule has 1 fully saturated rings. The Hall–Kier alpha value is -1.90. The van der Waals surface area contributed by atoms with E-state index in [0.29, 0.717) is 0 Å². The van der Waals surface area contributed by atoms with Crippen LogP contribution in [0.15, 0.2) is 36.7 Å². The normalized spacial score (nSPS) is 15.2. The lowest BCUT2D eigenvalue weighted by molar-refractivity contribution is -0.703. The van der Waals surface area contributed by atoms with Gasteiger partial charge in [-0.2, -0.15) is 0 Å². The van der Waals surface area contributed by atoms with E-state index in [1.165, 1.54) is 36.9 Å². The maximum Gasteiger partial charge on any atom is 0.197 e. The van der Waals surface area contributed by atoms with Gasteiger partial charge in [-0.3, -0.25) is 4.40 Å². The third-order valence-electron chi connectivity index (χ3n) is 4.24. The van der Waals surface area contributed by atoms with Gasteiger partial charge < -0.3 is 0 Å². The average molecular weight is 266 g/mol. The van der Waals surface area contributed by atoms with Gasteiger partial charge in [0.1, 0.15) is 12.2 Å². The summed E-state index contributed by atoms with van der Waals surface area (Å²) in [6.07, 6.45) is 9.52. The summed E-state index contributed by atoms with van der Waals surface area (Å²) in [6.45, 7) is 3.37. The molecule has 0 aromatic carbocycles. The van der Waals surface area contributed by atoms with Crippen LogP contribution in [0.3, 0.4) is 0 Å². The lowest BCUT2D eigenvalue weighted by Crippen LogP contribution is -2.38. The Morgan fingerprint density at radius 1 is 1.35 bits per heavy atom. The summed E-state index contributed by atoms with van der Waals surface area (Å²) < 4.78 is 4.64. The largest absolute Gasteiger partial charge is 0.299 e. The molecule has 102 valence electrons. The van der Waals surface area contributed by atoms with Crippen LogP contribution in [0.4, 0.5) is 0 Å². The molecular formula is C17H20N3+. The van der Waals surface area contributed by atoms with Gasteiger partial charge in [-0.1, -0.05) is 19.4 Å². The quantitative estimate of drug-likeness (QED) is 0.663. The fourth-order valence-electron chi connectivity index (χ4n) is 2.97. The first-order valence-electron chi connectivity index (χ1n) is 7.67. The first kappa shape index (κ1) is 11.9. The number of hydrogen-bond donors (Lipinski definition) is 0. The molecule has 1 aliphatic rings. The number of rotatable bonds is 4. The van der Waals surface area contributed by atoms with Crippen LogP contribution in [0.25, 0.3) is 16.7 Å². The zero-order valence-corrected chi connectivity index (χ0v) is 11.9. The molecule has 3 aromatic heterocycles. The molecule has 0 saturated heterocycles. The van der Waals surface area contributed by atoms with Crippen molar-refractivity contribution < 1.29 is 4.57 Å². The number of nitrogens with zero attached hydrogens (tertiary/aromatic N) is 3. The minimum Gasteiger partial charge on any atom is -0.299 e. The van der Waals surface area contributed by atoms with Crippen molar-refractivity contribution >= 4 is 16.7 Å². The summed E-state index contributed by atoms with van der Waals surface area (Å²) in [6, 6.07) is 8.56. The van der Waals surface area contributed by atoms with E-state index in [2.05, 4.69) is 46.5 Å². The van der Waals surface area contributed by atoms with Crippen molar-refractivity contribution in [2.75, 3.05) is 0 Å². The van der Waals surface area contributed by atoms with Crippen molar-refractivity contribution in [2.24, 2.45) is 0 Å². The summed E-state index contributed by atoms with van der Waals surface area (Å²) in [5.41, 5.74) is 4.89. The Morgan fingerprint density at radius 3 is 3.05 bits per heavy atom. The van der Waals surface area contributed by atoms with Gasteiger partial charge in [-0.15, -0.1) is 0 Å². The fraction of sp³-hybridized carbons (Fsp3) is 0.412. The lowest BCUT2D eigenvalue weighted by Gasteiger charge is -2.03. The predicted molar refractivity (Wildman–Crippen MR) is 79.8 cm³/mol. The van der Waals surface area contributed by atoms with E-state index in [-0.39, 0.29) is 0 Å². The van der Waals surface area contributed by atoms with Crippen molar-refractivity contribution in [3.8, 4) is 0 Å². The average Bonchev–Trinajstić information content (AvgIpc) is 3.25. The Labute approximate surface area is 118 Å². The number of imidazole rings is 1. The maximum absolute atomic E-state index is 4.75. The molecule has 1 aliphatic carbocycles. The molecule has 0 radical (unpaired) electrons. The van der Waals surface area contributed by atoms with E-state index in [0.717, 1.165) is 23.6 Å². The highest BCUT2D eigenvalue weighted by Crippen LogP contribution is 2.39. The van der Waals surface area contributed by atoms with Crippen molar-refractivity contribution in [1.82, 2.24) is 9.38 Å². The molecule has 0 aliphatic heterocycles. The van der Waals surface area contributed by atoms with Crippen LogP contribution in [-0.2, 0) is 6.54 Å². The summed E-state index contributed by atoms with van der Waals surface area (Å²) in [5, 5.41) is 0. The number of unbranched alkanes of at least 4 members (excludes halogenated alkanes) is 1. The Bertz CT molecular complexity index is 768. The summed E-state index contributed by atoms with van der Waals surface area (Å²) >= 11 is 0. The minimum atomic E-state index is 0.769. The van der Waals surface area contributed by atoms with E-state index in [9.17, 15) is 0 Å². The van der Waals surface area contributed by atoms with Gasteiger partial charge in [-0.25, -0.2) is 9.55 Å². The van der Waals surface area contributed by atoms with Crippen molar-refractivity contribution in [3.63, 3.8) is 0 Å². The summed E-state index contributed by atoms with van der Waals surface area (Å²) in [5.74, 6) is 0.769. The monoisotopic (exact) mass is 266 g/mol. The van der Waals surface area contributed by atoms with E-state index in [1.54, 1.807) is 0 Å². The van der Waals surface area contributed by atoms with Crippen molar-refractivity contribution in [3.05, 3.63) is 42.4 Å². The molecule has 0 spiro atoms. The van der Waals surface area contributed by atoms with Crippen LogP contribution in [0, 0.1) is 0 Å². The highest BCUT2D eigenvalue weighted by molar-refractivity contribution is 5.79. The molecule has 3 heteroatoms. The zero-order chi connectivity index (χ0) is 13.5. The number of fused-ring (bicyclic) bond motifs is 3. The highest BCUT2D eigenvalue weighted by atomic mass is 15.0. The van der Waals surface area contributed by atoms with Gasteiger partial charge in [-0.05, 0) is 25.0 Å². The standard InChI is InChI=1S/C17H20N3/c1-2-3-9-19-12-14-16(11-15(19)13-7-8-13)20-10-5-4-6-17(20)18-14/h4-6,10-13H,2-3,7-9H2,1H3/q+1. The van der Waals surface area contributed by atoms with Crippen LogP contribution in [0.5, 0.6) is 0 Å². The molecule has 0 N–H and O–H groups in total. The first-order valence-corrected chi connectivity index (χ1v) is 7.67. The minimum absolute atomic E-state index is 0.769. The Balaban J connectivity index is 1.93. The van der Waals surface area contributed by atoms with Crippen LogP contribution in [-0.4, -0.2) is 9.38 Å². The molecule has 3 heterocycles. The topological polar surface area (TPSA) is 21.2 Å². The van der Waals surface area contributed by atoms with E-state index in [1.807, 2.05) is 6.07 Å². The summed E-state index contributed by atoms with van der Waals surface area (Å²) in [7, 11) is 0. The van der Waals surface area contributed by atoms with Gasteiger partial charge in [0.05, 0.1) is 5.52 Å². The first-order chi connectivity index (χ1) is 9.86. The summed E-state index contributed by atoms with van der Waals surface area (Å²) in [4.78, 5) is 4.75. The molecule has 1 saturated carbocycles. The third-order valence-corrected chi connectivity index (χ3v) is 4.24. The van der Waals surface area contributed by atoms with Crippen LogP contribution < -0.4 is 4.57 Å². The number of hydrogen-bond acceptors (Lipinski definition) is 1. The fourth-order valence-corrected chi connectivity index (χ4v) is 2.97. The molecule has 20 heavy (non-hydrogen) atoms. The number of aromatic nitrogens is 3. The molecule has 0 bridgehead atoms. The number of aryl methyl sites for hydroxylation is 1. The van der Waals surface area contributed by atoms with Crippen LogP contribution in [0.1, 0.15) is 44.2 Å².